The fourth-order valence-corrected chi connectivity index (χ4v) is 4.26. The van der Waals surface area contributed by atoms with Gasteiger partial charge >= 0.3 is 0 Å². The summed E-state index contributed by atoms with van der Waals surface area (Å²) in [5, 5.41) is 0.153. The zero-order chi connectivity index (χ0) is 21.7. The summed E-state index contributed by atoms with van der Waals surface area (Å²) in [6.07, 6.45) is 0. The third kappa shape index (κ3) is 4.93. The quantitative estimate of drug-likeness (QED) is 0.585. The van der Waals surface area contributed by atoms with Crippen molar-refractivity contribution in [1.82, 2.24) is 4.90 Å². The number of ether oxygens (including phenoxy) is 1. The number of hydrogen-bond donors (Lipinski definition) is 1. The van der Waals surface area contributed by atoms with Gasteiger partial charge in [0.1, 0.15) is 5.75 Å². The van der Waals surface area contributed by atoms with Crippen LogP contribution in [0.3, 0.4) is 0 Å². The van der Waals surface area contributed by atoms with E-state index in [1.54, 1.807) is 32.4 Å². The first-order valence-electron chi connectivity index (χ1n) is 9.06. The number of methoxy groups -OCH3 is 1. The van der Waals surface area contributed by atoms with Gasteiger partial charge < -0.3 is 9.64 Å². The normalized spacial score (nSPS) is 11.0. The van der Waals surface area contributed by atoms with E-state index in [-0.39, 0.29) is 27.1 Å². The van der Waals surface area contributed by atoms with Gasteiger partial charge in [0.05, 0.1) is 28.3 Å². The van der Waals surface area contributed by atoms with Crippen LogP contribution >= 0.6 is 11.6 Å². The monoisotopic (exact) mass is 444 g/mol. The van der Waals surface area contributed by atoms with Crippen molar-refractivity contribution in [2.24, 2.45) is 0 Å². The van der Waals surface area contributed by atoms with E-state index in [1.807, 2.05) is 24.3 Å². The lowest BCUT2D eigenvalue weighted by molar-refractivity contribution is 0.0784. The standard InChI is InChI=1S/C22H21ClN2O4S/c1-25(15-16-8-6-7-11-21(16)29-2)22(26)19-13-12-17(14-20(19)23)24-30(27,28)18-9-4-3-5-10-18/h3-14,24H,15H2,1-2H3. The second kappa shape index (κ2) is 9.19. The Kier molecular flexibility index (Phi) is 6.64. The summed E-state index contributed by atoms with van der Waals surface area (Å²) in [6.45, 7) is 0.335. The van der Waals surface area contributed by atoms with Crippen LogP contribution in [0.2, 0.25) is 5.02 Å². The molecule has 0 aliphatic rings. The minimum absolute atomic E-state index is 0.137. The molecule has 156 valence electrons. The predicted octanol–water partition coefficient (Wildman–Crippen LogP) is 4.42. The number of carbonyl (C=O) groups is 1. The van der Waals surface area contributed by atoms with E-state index >= 15 is 0 Å². The van der Waals surface area contributed by atoms with E-state index in [0.717, 1.165) is 5.56 Å². The molecule has 0 atom stereocenters. The highest BCUT2D eigenvalue weighted by Crippen LogP contribution is 2.25. The number of sulfonamides is 1. The van der Waals surface area contributed by atoms with Crippen molar-refractivity contribution < 1.29 is 17.9 Å². The molecule has 3 aromatic rings. The molecule has 3 rings (SSSR count). The fourth-order valence-electron chi connectivity index (χ4n) is 2.93. The van der Waals surface area contributed by atoms with Gasteiger partial charge in [0.2, 0.25) is 0 Å². The maximum atomic E-state index is 12.8. The Morgan fingerprint density at radius 2 is 1.70 bits per heavy atom. The zero-order valence-corrected chi connectivity index (χ0v) is 18.1. The summed E-state index contributed by atoms with van der Waals surface area (Å²) >= 11 is 6.30. The number of hydrogen-bond acceptors (Lipinski definition) is 4. The van der Waals surface area contributed by atoms with Crippen LogP contribution < -0.4 is 9.46 Å². The summed E-state index contributed by atoms with van der Waals surface area (Å²) in [7, 11) is -0.506. The molecular formula is C22H21ClN2O4S. The van der Waals surface area contributed by atoms with Gasteiger partial charge in [0, 0.05) is 19.2 Å². The van der Waals surface area contributed by atoms with Crippen molar-refractivity contribution in [2.75, 3.05) is 18.9 Å². The number of carbonyl (C=O) groups excluding carboxylic acids is 1. The Morgan fingerprint density at radius 1 is 1.03 bits per heavy atom. The molecule has 0 aliphatic heterocycles. The summed E-state index contributed by atoms with van der Waals surface area (Å²) in [6, 6.07) is 19.9. The molecule has 30 heavy (non-hydrogen) atoms. The maximum absolute atomic E-state index is 12.8. The molecule has 0 saturated heterocycles. The number of anilines is 1. The Hall–Kier alpha value is -3.03. The van der Waals surface area contributed by atoms with Gasteiger partial charge in [-0.25, -0.2) is 8.42 Å². The van der Waals surface area contributed by atoms with Crippen LogP contribution in [-0.4, -0.2) is 33.4 Å². The first-order valence-corrected chi connectivity index (χ1v) is 10.9. The Labute approximate surface area is 181 Å². The lowest BCUT2D eigenvalue weighted by Gasteiger charge is -2.20. The molecule has 3 aromatic carbocycles. The number of rotatable bonds is 7. The van der Waals surface area contributed by atoms with Gasteiger partial charge in [-0.05, 0) is 36.4 Å². The smallest absolute Gasteiger partial charge is 0.261 e. The average Bonchev–Trinajstić information content (AvgIpc) is 2.74. The Morgan fingerprint density at radius 3 is 2.37 bits per heavy atom. The molecule has 0 aromatic heterocycles. The van der Waals surface area contributed by atoms with Crippen LogP contribution in [0, 0.1) is 0 Å². The van der Waals surface area contributed by atoms with Crippen molar-refractivity contribution in [2.45, 2.75) is 11.4 Å². The van der Waals surface area contributed by atoms with E-state index < -0.39 is 10.0 Å². The number of halogens is 1. The number of amides is 1. The second-order valence-corrected chi connectivity index (χ2v) is 8.68. The molecule has 1 N–H and O–H groups in total. The first kappa shape index (κ1) is 21.7. The second-order valence-electron chi connectivity index (χ2n) is 6.59. The lowest BCUT2D eigenvalue weighted by atomic mass is 10.1. The molecule has 8 heteroatoms. The van der Waals surface area contributed by atoms with Gasteiger partial charge in [-0.15, -0.1) is 0 Å². The van der Waals surface area contributed by atoms with E-state index in [1.165, 1.54) is 35.2 Å². The summed E-state index contributed by atoms with van der Waals surface area (Å²) < 4.78 is 32.7. The lowest BCUT2D eigenvalue weighted by Crippen LogP contribution is -2.26. The summed E-state index contributed by atoms with van der Waals surface area (Å²) in [5.74, 6) is 0.400. The first-order chi connectivity index (χ1) is 14.3. The molecule has 0 radical (unpaired) electrons. The van der Waals surface area contributed by atoms with Gasteiger partial charge in [-0.3, -0.25) is 9.52 Å². The zero-order valence-electron chi connectivity index (χ0n) is 16.5. The fraction of sp³-hybridized carbons (Fsp3) is 0.136. The number of para-hydroxylation sites is 1. The largest absolute Gasteiger partial charge is 0.496 e. The minimum Gasteiger partial charge on any atom is -0.496 e. The predicted molar refractivity (Wildman–Crippen MR) is 117 cm³/mol. The van der Waals surface area contributed by atoms with Crippen LogP contribution in [0.1, 0.15) is 15.9 Å². The molecule has 0 saturated carbocycles. The molecule has 0 bridgehead atoms. The van der Waals surface area contributed by atoms with Crippen LogP contribution in [0.5, 0.6) is 5.75 Å². The molecule has 0 fully saturated rings. The number of benzene rings is 3. The SMILES string of the molecule is COc1ccccc1CN(C)C(=O)c1ccc(NS(=O)(=O)c2ccccc2)cc1Cl. The molecular weight excluding hydrogens is 424 g/mol. The Bertz CT molecular complexity index is 1150. The van der Waals surface area contributed by atoms with Gasteiger partial charge in [-0.2, -0.15) is 0 Å². The Balaban J connectivity index is 1.77. The van der Waals surface area contributed by atoms with Crippen LogP contribution in [0.25, 0.3) is 0 Å². The van der Waals surface area contributed by atoms with E-state index in [9.17, 15) is 13.2 Å². The van der Waals surface area contributed by atoms with Gasteiger partial charge in [-0.1, -0.05) is 48.0 Å². The van der Waals surface area contributed by atoms with E-state index in [2.05, 4.69) is 4.72 Å². The van der Waals surface area contributed by atoms with Crippen molar-refractivity contribution >= 4 is 33.2 Å². The third-order valence-corrected chi connectivity index (χ3v) is 6.16. The third-order valence-electron chi connectivity index (χ3n) is 4.45. The van der Waals surface area contributed by atoms with Crippen LogP contribution in [0.4, 0.5) is 5.69 Å². The highest BCUT2D eigenvalue weighted by molar-refractivity contribution is 7.92. The topological polar surface area (TPSA) is 75.7 Å². The molecule has 0 unspecified atom stereocenters. The molecule has 0 spiro atoms. The molecule has 0 aliphatic carbocycles. The van der Waals surface area contributed by atoms with Crippen molar-refractivity contribution in [1.29, 1.82) is 0 Å². The average molecular weight is 445 g/mol. The van der Waals surface area contributed by atoms with Crippen LogP contribution in [-0.2, 0) is 16.6 Å². The van der Waals surface area contributed by atoms with Gasteiger partial charge in [0.25, 0.3) is 15.9 Å². The molecule has 6 nitrogen and oxygen atoms in total. The summed E-state index contributed by atoms with van der Waals surface area (Å²) in [5.41, 5.74) is 1.41. The van der Waals surface area contributed by atoms with Gasteiger partial charge in [0.15, 0.2) is 0 Å². The highest BCUT2D eigenvalue weighted by atomic mass is 35.5. The van der Waals surface area contributed by atoms with E-state index in [0.29, 0.717) is 12.3 Å². The van der Waals surface area contributed by atoms with Crippen molar-refractivity contribution in [3.8, 4) is 5.75 Å². The maximum Gasteiger partial charge on any atom is 0.261 e. The van der Waals surface area contributed by atoms with E-state index in [4.69, 9.17) is 16.3 Å². The minimum atomic E-state index is -3.75. The summed E-state index contributed by atoms with van der Waals surface area (Å²) in [4.78, 5) is 14.5. The number of nitrogens with one attached hydrogen (secondary N) is 1. The van der Waals surface area contributed by atoms with Crippen molar-refractivity contribution in [3.05, 3.63) is 88.9 Å². The number of nitrogens with zero attached hydrogens (tertiary/aromatic N) is 1. The highest BCUT2D eigenvalue weighted by Gasteiger charge is 2.19. The van der Waals surface area contributed by atoms with Crippen LogP contribution in [0.15, 0.2) is 77.7 Å². The molecule has 1 amide bonds. The van der Waals surface area contributed by atoms with Crippen molar-refractivity contribution in [3.63, 3.8) is 0 Å². The molecule has 0 heterocycles.